The van der Waals surface area contributed by atoms with Gasteiger partial charge in [0.2, 0.25) is 0 Å². The van der Waals surface area contributed by atoms with Crippen molar-refractivity contribution in [2.24, 2.45) is 4.99 Å². The number of hydrogen-bond donors (Lipinski definition) is 1. The molecule has 1 heterocycles. The predicted octanol–water partition coefficient (Wildman–Crippen LogP) is 2.65. The number of carbonyl (C=O) groups excluding carboxylic acids is 1. The average Bonchev–Trinajstić information content (AvgIpc) is 2.68. The van der Waals surface area contributed by atoms with Crippen LogP contribution in [0.1, 0.15) is 18.4 Å². The van der Waals surface area contributed by atoms with E-state index in [0.717, 1.165) is 30.9 Å². The molecule has 0 radical (unpaired) electrons. The van der Waals surface area contributed by atoms with E-state index in [1.54, 1.807) is 0 Å². The van der Waals surface area contributed by atoms with Gasteiger partial charge in [0.15, 0.2) is 0 Å². The SMILES string of the molecule is Cc1ccc(NC(=O)/N=C2/CCCN2C)cc1. The molecule has 1 saturated heterocycles. The minimum absolute atomic E-state index is 0.294. The lowest BCUT2D eigenvalue weighted by Gasteiger charge is -2.10. The van der Waals surface area contributed by atoms with Gasteiger partial charge in [0.05, 0.1) is 0 Å². The Labute approximate surface area is 101 Å². The molecule has 1 aromatic carbocycles. The summed E-state index contributed by atoms with van der Waals surface area (Å²) in [6, 6.07) is 7.39. The molecule has 17 heavy (non-hydrogen) atoms. The number of carbonyl (C=O) groups is 1. The summed E-state index contributed by atoms with van der Waals surface area (Å²) in [4.78, 5) is 17.8. The van der Waals surface area contributed by atoms with Crippen LogP contribution in [0.3, 0.4) is 0 Å². The molecule has 1 aliphatic heterocycles. The zero-order valence-electron chi connectivity index (χ0n) is 10.2. The lowest BCUT2D eigenvalue weighted by Crippen LogP contribution is -2.21. The van der Waals surface area contributed by atoms with E-state index in [0.29, 0.717) is 0 Å². The fourth-order valence-electron chi connectivity index (χ4n) is 1.84. The summed E-state index contributed by atoms with van der Waals surface area (Å²) in [5.74, 6) is 0.870. The highest BCUT2D eigenvalue weighted by molar-refractivity contribution is 6.00. The van der Waals surface area contributed by atoms with Crippen molar-refractivity contribution < 1.29 is 4.79 Å². The van der Waals surface area contributed by atoms with Crippen LogP contribution in [0, 0.1) is 6.92 Å². The maximum absolute atomic E-state index is 11.7. The maximum Gasteiger partial charge on any atom is 0.347 e. The number of nitrogens with one attached hydrogen (secondary N) is 1. The quantitative estimate of drug-likeness (QED) is 0.807. The van der Waals surface area contributed by atoms with Gasteiger partial charge in [-0.05, 0) is 25.5 Å². The number of anilines is 1. The van der Waals surface area contributed by atoms with E-state index in [1.165, 1.54) is 5.56 Å². The largest absolute Gasteiger partial charge is 0.363 e. The van der Waals surface area contributed by atoms with E-state index >= 15 is 0 Å². The molecule has 90 valence electrons. The first-order valence-corrected chi connectivity index (χ1v) is 5.81. The Balaban J connectivity index is 2.00. The summed E-state index contributed by atoms with van der Waals surface area (Å²) in [5, 5.41) is 2.76. The molecule has 2 rings (SSSR count). The molecule has 0 unspecified atom stereocenters. The molecule has 1 aliphatic rings. The van der Waals surface area contributed by atoms with Crippen molar-refractivity contribution in [3.63, 3.8) is 0 Å². The van der Waals surface area contributed by atoms with Crippen LogP contribution in [0.15, 0.2) is 29.3 Å². The normalized spacial score (nSPS) is 17.5. The highest BCUT2D eigenvalue weighted by Gasteiger charge is 2.15. The predicted molar refractivity (Wildman–Crippen MR) is 69.5 cm³/mol. The first-order valence-electron chi connectivity index (χ1n) is 5.81. The van der Waals surface area contributed by atoms with Crippen molar-refractivity contribution in [1.82, 2.24) is 4.90 Å². The Kier molecular flexibility index (Phi) is 3.42. The van der Waals surface area contributed by atoms with Gasteiger partial charge in [0.25, 0.3) is 0 Å². The second kappa shape index (κ2) is 4.99. The van der Waals surface area contributed by atoms with Crippen molar-refractivity contribution in [3.8, 4) is 0 Å². The number of amides is 2. The zero-order valence-corrected chi connectivity index (χ0v) is 10.2. The van der Waals surface area contributed by atoms with Gasteiger partial charge in [-0.2, -0.15) is 4.99 Å². The minimum Gasteiger partial charge on any atom is -0.363 e. The Morgan fingerprint density at radius 2 is 2.06 bits per heavy atom. The van der Waals surface area contributed by atoms with E-state index in [4.69, 9.17) is 0 Å². The summed E-state index contributed by atoms with van der Waals surface area (Å²) in [6.07, 6.45) is 1.96. The number of urea groups is 1. The lowest BCUT2D eigenvalue weighted by molar-refractivity contribution is 0.259. The minimum atomic E-state index is -0.294. The topological polar surface area (TPSA) is 44.7 Å². The van der Waals surface area contributed by atoms with Gasteiger partial charge < -0.3 is 10.2 Å². The van der Waals surface area contributed by atoms with Gasteiger partial charge in [0.1, 0.15) is 5.84 Å². The standard InChI is InChI=1S/C13H17N3O/c1-10-5-7-11(8-6-10)14-13(17)15-12-4-3-9-16(12)2/h5-8H,3-4,9H2,1-2H3,(H,14,17)/b15-12-. The highest BCUT2D eigenvalue weighted by Crippen LogP contribution is 2.11. The molecule has 4 heteroatoms. The van der Waals surface area contributed by atoms with Gasteiger partial charge in [-0.1, -0.05) is 17.7 Å². The third-order valence-electron chi connectivity index (χ3n) is 2.87. The molecule has 0 aliphatic carbocycles. The Hall–Kier alpha value is -1.84. The van der Waals surface area contributed by atoms with Crippen LogP contribution in [0.25, 0.3) is 0 Å². The molecule has 0 spiro atoms. The fourth-order valence-corrected chi connectivity index (χ4v) is 1.84. The average molecular weight is 231 g/mol. The fraction of sp³-hybridized carbons (Fsp3) is 0.385. The molecule has 0 aromatic heterocycles. The van der Waals surface area contributed by atoms with Gasteiger partial charge in [0, 0.05) is 25.7 Å². The zero-order chi connectivity index (χ0) is 12.3. The highest BCUT2D eigenvalue weighted by atomic mass is 16.2. The van der Waals surface area contributed by atoms with Crippen LogP contribution in [-0.2, 0) is 0 Å². The third kappa shape index (κ3) is 3.06. The van der Waals surface area contributed by atoms with E-state index < -0.39 is 0 Å². The van der Waals surface area contributed by atoms with Crippen LogP contribution in [0.5, 0.6) is 0 Å². The first kappa shape index (κ1) is 11.6. The number of rotatable bonds is 1. The molecule has 0 atom stereocenters. The number of hydrogen-bond acceptors (Lipinski definition) is 1. The number of aliphatic imine (C=N–C) groups is 1. The molecule has 1 aromatic rings. The third-order valence-corrected chi connectivity index (χ3v) is 2.87. The van der Waals surface area contributed by atoms with Gasteiger partial charge in [-0.3, -0.25) is 0 Å². The number of benzene rings is 1. The summed E-state index contributed by atoms with van der Waals surface area (Å²) in [6.45, 7) is 3.00. The van der Waals surface area contributed by atoms with Gasteiger partial charge >= 0.3 is 6.03 Å². The Morgan fingerprint density at radius 3 is 2.65 bits per heavy atom. The summed E-state index contributed by atoms with van der Waals surface area (Å²) >= 11 is 0. The monoisotopic (exact) mass is 231 g/mol. The lowest BCUT2D eigenvalue weighted by atomic mass is 10.2. The number of likely N-dealkylation sites (tertiary alicyclic amines) is 1. The molecule has 4 nitrogen and oxygen atoms in total. The second-order valence-electron chi connectivity index (χ2n) is 4.35. The molecule has 0 saturated carbocycles. The van der Waals surface area contributed by atoms with Crippen LogP contribution >= 0.6 is 0 Å². The first-order chi connectivity index (χ1) is 8.15. The Morgan fingerprint density at radius 1 is 1.35 bits per heavy atom. The number of nitrogens with zero attached hydrogens (tertiary/aromatic N) is 2. The molecular formula is C13H17N3O. The number of aryl methyl sites for hydroxylation is 1. The smallest absolute Gasteiger partial charge is 0.347 e. The molecule has 1 fully saturated rings. The van der Waals surface area contributed by atoms with Crippen LogP contribution < -0.4 is 5.32 Å². The van der Waals surface area contributed by atoms with Crippen LogP contribution in [0.2, 0.25) is 0 Å². The molecule has 1 N–H and O–H groups in total. The molecule has 0 bridgehead atoms. The Bertz CT molecular complexity index is 436. The number of amidine groups is 1. The van der Waals surface area contributed by atoms with Crippen molar-refractivity contribution >= 4 is 17.6 Å². The van der Waals surface area contributed by atoms with Crippen LogP contribution in [0.4, 0.5) is 10.5 Å². The van der Waals surface area contributed by atoms with Crippen LogP contribution in [-0.4, -0.2) is 30.4 Å². The molecule has 2 amide bonds. The van der Waals surface area contributed by atoms with Crippen molar-refractivity contribution in [1.29, 1.82) is 0 Å². The van der Waals surface area contributed by atoms with E-state index in [2.05, 4.69) is 10.3 Å². The van der Waals surface area contributed by atoms with E-state index in [-0.39, 0.29) is 6.03 Å². The second-order valence-corrected chi connectivity index (χ2v) is 4.35. The van der Waals surface area contributed by atoms with Crippen molar-refractivity contribution in [2.75, 3.05) is 18.9 Å². The van der Waals surface area contributed by atoms with E-state index in [9.17, 15) is 4.79 Å². The van der Waals surface area contributed by atoms with E-state index in [1.807, 2.05) is 43.1 Å². The maximum atomic E-state index is 11.7. The van der Waals surface area contributed by atoms with Crippen molar-refractivity contribution in [3.05, 3.63) is 29.8 Å². The summed E-state index contributed by atoms with van der Waals surface area (Å²) in [5.41, 5.74) is 1.95. The summed E-state index contributed by atoms with van der Waals surface area (Å²) < 4.78 is 0. The summed E-state index contributed by atoms with van der Waals surface area (Å²) in [7, 11) is 1.96. The van der Waals surface area contributed by atoms with Gasteiger partial charge in [-0.15, -0.1) is 0 Å². The van der Waals surface area contributed by atoms with Gasteiger partial charge in [-0.25, -0.2) is 4.79 Å². The van der Waals surface area contributed by atoms with Crippen molar-refractivity contribution in [2.45, 2.75) is 19.8 Å². The molecular weight excluding hydrogens is 214 g/mol.